The van der Waals surface area contributed by atoms with Gasteiger partial charge in [-0.1, -0.05) is 0 Å². The normalized spacial score (nSPS) is 14.9. The molecule has 0 heterocycles. The van der Waals surface area contributed by atoms with Crippen LogP contribution in [-0.4, -0.2) is 64.4 Å². The molecule has 0 aliphatic rings. The Morgan fingerprint density at radius 1 is 1.38 bits per heavy atom. The number of likely N-dealkylation sites (N-methyl/N-ethyl adjacent to an activating group) is 1. The van der Waals surface area contributed by atoms with Gasteiger partial charge < -0.3 is 19.7 Å². The summed E-state index contributed by atoms with van der Waals surface area (Å²) >= 11 is 0. The van der Waals surface area contributed by atoms with Gasteiger partial charge in [-0.05, 0) is 27.4 Å². The van der Waals surface area contributed by atoms with E-state index >= 15 is 0 Å². The van der Waals surface area contributed by atoms with Crippen LogP contribution in [0.15, 0.2) is 0 Å². The van der Waals surface area contributed by atoms with E-state index in [1.165, 1.54) is 7.11 Å². The van der Waals surface area contributed by atoms with E-state index in [1.807, 2.05) is 21.0 Å². The second kappa shape index (κ2) is 7.60. The number of carbonyl (C=O) groups excluding carboxylic acids is 1. The Bertz CT molecular complexity index is 209. The summed E-state index contributed by atoms with van der Waals surface area (Å²) in [7, 11) is 7.01. The molecule has 0 rings (SSSR count). The van der Waals surface area contributed by atoms with Gasteiger partial charge in [-0.15, -0.1) is 0 Å². The lowest BCUT2D eigenvalue weighted by Crippen LogP contribution is -2.52. The van der Waals surface area contributed by atoms with Crippen LogP contribution < -0.4 is 5.32 Å². The number of esters is 1. The van der Waals surface area contributed by atoms with E-state index in [4.69, 9.17) is 9.47 Å². The lowest BCUT2D eigenvalue weighted by molar-refractivity contribution is -0.148. The highest BCUT2D eigenvalue weighted by molar-refractivity contribution is 5.80. The summed E-state index contributed by atoms with van der Waals surface area (Å²) in [5.74, 6) is -0.247. The SMILES string of the molecule is COCCC(C)(NCCN(C)C)C(=O)OC. The van der Waals surface area contributed by atoms with Gasteiger partial charge in [0, 0.05) is 26.8 Å². The first-order valence-electron chi connectivity index (χ1n) is 5.43. The fourth-order valence-corrected chi connectivity index (χ4v) is 1.35. The van der Waals surface area contributed by atoms with E-state index in [0.717, 1.165) is 13.1 Å². The highest BCUT2D eigenvalue weighted by Crippen LogP contribution is 2.11. The molecule has 0 aliphatic carbocycles. The number of hydrogen-bond donors (Lipinski definition) is 1. The maximum atomic E-state index is 11.7. The van der Waals surface area contributed by atoms with E-state index in [1.54, 1.807) is 7.11 Å². The van der Waals surface area contributed by atoms with Crippen molar-refractivity contribution in [2.24, 2.45) is 0 Å². The molecule has 0 saturated heterocycles. The van der Waals surface area contributed by atoms with Crippen molar-refractivity contribution in [3.63, 3.8) is 0 Å². The molecule has 1 unspecified atom stereocenters. The van der Waals surface area contributed by atoms with Crippen LogP contribution >= 0.6 is 0 Å². The molecule has 0 fully saturated rings. The molecule has 1 atom stereocenters. The number of carbonyl (C=O) groups is 1. The highest BCUT2D eigenvalue weighted by Gasteiger charge is 2.33. The van der Waals surface area contributed by atoms with Gasteiger partial charge in [-0.2, -0.15) is 0 Å². The van der Waals surface area contributed by atoms with Gasteiger partial charge in [0.25, 0.3) is 0 Å². The predicted molar refractivity (Wildman–Crippen MR) is 63.5 cm³/mol. The molecular formula is C11H24N2O3. The number of nitrogens with one attached hydrogen (secondary N) is 1. The van der Waals surface area contributed by atoms with Gasteiger partial charge in [0.2, 0.25) is 0 Å². The number of hydrogen-bond acceptors (Lipinski definition) is 5. The van der Waals surface area contributed by atoms with Gasteiger partial charge in [-0.25, -0.2) is 0 Å². The van der Waals surface area contributed by atoms with Gasteiger partial charge in [0.1, 0.15) is 5.54 Å². The molecule has 0 aromatic heterocycles. The minimum atomic E-state index is -0.666. The second-order valence-electron chi connectivity index (χ2n) is 4.30. The number of nitrogens with zero attached hydrogens (tertiary/aromatic N) is 1. The Hall–Kier alpha value is -0.650. The molecule has 96 valence electrons. The first-order valence-corrected chi connectivity index (χ1v) is 5.43. The quantitative estimate of drug-likeness (QED) is 0.602. The standard InChI is InChI=1S/C11H24N2O3/c1-11(6-9-15-4,10(14)16-5)12-7-8-13(2)3/h12H,6-9H2,1-5H3. The molecule has 0 aliphatic heterocycles. The van der Waals surface area contributed by atoms with Crippen molar-refractivity contribution < 1.29 is 14.3 Å². The van der Waals surface area contributed by atoms with Crippen molar-refractivity contribution in [1.82, 2.24) is 10.2 Å². The molecule has 5 nitrogen and oxygen atoms in total. The average molecular weight is 232 g/mol. The van der Waals surface area contributed by atoms with E-state index < -0.39 is 5.54 Å². The fourth-order valence-electron chi connectivity index (χ4n) is 1.35. The first-order chi connectivity index (χ1) is 7.46. The molecular weight excluding hydrogens is 208 g/mol. The zero-order chi connectivity index (χ0) is 12.6. The molecule has 0 bridgehead atoms. The topological polar surface area (TPSA) is 50.8 Å². The maximum absolute atomic E-state index is 11.7. The molecule has 0 aromatic carbocycles. The Morgan fingerprint density at radius 2 is 2.00 bits per heavy atom. The van der Waals surface area contributed by atoms with Crippen LogP contribution in [0.25, 0.3) is 0 Å². The van der Waals surface area contributed by atoms with Crippen LogP contribution in [0, 0.1) is 0 Å². The zero-order valence-corrected chi connectivity index (χ0v) is 11.0. The van der Waals surface area contributed by atoms with Crippen LogP contribution in [-0.2, 0) is 14.3 Å². The predicted octanol–water partition coefficient (Wildman–Crippen LogP) is 0.106. The van der Waals surface area contributed by atoms with Gasteiger partial charge in [-0.3, -0.25) is 4.79 Å². The molecule has 0 spiro atoms. The van der Waals surface area contributed by atoms with E-state index in [-0.39, 0.29) is 5.97 Å². The Labute approximate surface area is 98.1 Å². The van der Waals surface area contributed by atoms with Crippen molar-refractivity contribution in [2.45, 2.75) is 18.9 Å². The molecule has 1 N–H and O–H groups in total. The number of rotatable bonds is 8. The van der Waals surface area contributed by atoms with Gasteiger partial charge >= 0.3 is 5.97 Å². The molecule has 0 radical (unpaired) electrons. The summed E-state index contributed by atoms with van der Waals surface area (Å²) in [6.45, 7) is 3.98. The zero-order valence-electron chi connectivity index (χ0n) is 11.0. The maximum Gasteiger partial charge on any atom is 0.325 e. The first kappa shape index (κ1) is 15.3. The third-order valence-electron chi connectivity index (χ3n) is 2.52. The minimum Gasteiger partial charge on any atom is -0.468 e. The van der Waals surface area contributed by atoms with Crippen molar-refractivity contribution >= 4 is 5.97 Å². The third-order valence-corrected chi connectivity index (χ3v) is 2.52. The summed E-state index contributed by atoms with van der Waals surface area (Å²) in [5, 5.41) is 3.22. The molecule has 0 aromatic rings. The summed E-state index contributed by atoms with van der Waals surface area (Å²) in [6.07, 6.45) is 0.601. The lowest BCUT2D eigenvalue weighted by atomic mass is 9.98. The smallest absolute Gasteiger partial charge is 0.325 e. The minimum absolute atomic E-state index is 0.247. The van der Waals surface area contributed by atoms with Crippen LogP contribution in [0.2, 0.25) is 0 Å². The monoisotopic (exact) mass is 232 g/mol. The molecule has 0 saturated carbocycles. The lowest BCUT2D eigenvalue weighted by Gasteiger charge is -2.28. The van der Waals surface area contributed by atoms with Crippen LogP contribution in [0.5, 0.6) is 0 Å². The Kier molecular flexibility index (Phi) is 7.29. The highest BCUT2D eigenvalue weighted by atomic mass is 16.5. The van der Waals surface area contributed by atoms with E-state index in [9.17, 15) is 4.79 Å². The third kappa shape index (κ3) is 5.44. The van der Waals surface area contributed by atoms with Crippen molar-refractivity contribution in [1.29, 1.82) is 0 Å². The summed E-state index contributed by atoms with van der Waals surface area (Å²) in [4.78, 5) is 13.7. The number of ether oxygens (including phenoxy) is 2. The summed E-state index contributed by atoms with van der Waals surface area (Å²) < 4.78 is 9.80. The van der Waals surface area contributed by atoms with Crippen molar-refractivity contribution in [3.8, 4) is 0 Å². The second-order valence-corrected chi connectivity index (χ2v) is 4.30. The van der Waals surface area contributed by atoms with E-state index in [0.29, 0.717) is 13.0 Å². The van der Waals surface area contributed by atoms with Crippen LogP contribution in [0.1, 0.15) is 13.3 Å². The van der Waals surface area contributed by atoms with Crippen molar-refractivity contribution in [2.75, 3.05) is 48.0 Å². The molecule has 5 heteroatoms. The van der Waals surface area contributed by atoms with Gasteiger partial charge in [0.05, 0.1) is 7.11 Å². The average Bonchev–Trinajstić information content (AvgIpc) is 2.24. The molecule has 16 heavy (non-hydrogen) atoms. The Balaban J connectivity index is 4.24. The summed E-state index contributed by atoms with van der Waals surface area (Å²) in [5.41, 5.74) is -0.666. The summed E-state index contributed by atoms with van der Waals surface area (Å²) in [6, 6.07) is 0. The van der Waals surface area contributed by atoms with Gasteiger partial charge in [0.15, 0.2) is 0 Å². The number of methoxy groups -OCH3 is 2. The Morgan fingerprint density at radius 3 is 2.44 bits per heavy atom. The van der Waals surface area contributed by atoms with Crippen LogP contribution in [0.4, 0.5) is 0 Å². The fraction of sp³-hybridized carbons (Fsp3) is 0.909. The van der Waals surface area contributed by atoms with E-state index in [2.05, 4.69) is 10.2 Å². The van der Waals surface area contributed by atoms with Crippen molar-refractivity contribution in [3.05, 3.63) is 0 Å². The van der Waals surface area contributed by atoms with Crippen LogP contribution in [0.3, 0.4) is 0 Å². The molecule has 0 amide bonds. The largest absolute Gasteiger partial charge is 0.468 e.